The van der Waals surface area contributed by atoms with Crippen LogP contribution >= 0.6 is 15.9 Å². The second-order valence-electron chi connectivity index (χ2n) is 7.16. The monoisotopic (exact) mass is 415 g/mol. The molecule has 2 N–H and O–H groups in total. The lowest BCUT2D eigenvalue weighted by molar-refractivity contribution is 0.0706. The molecule has 3 aromatic rings. The van der Waals surface area contributed by atoms with Gasteiger partial charge in [0.25, 0.3) is 5.91 Å². The average Bonchev–Trinajstić information content (AvgIpc) is 3.25. The molecule has 0 bridgehead atoms. The van der Waals surface area contributed by atoms with E-state index in [2.05, 4.69) is 62.2 Å². The van der Waals surface area contributed by atoms with E-state index in [4.69, 9.17) is 0 Å². The van der Waals surface area contributed by atoms with Crippen LogP contribution in [0.3, 0.4) is 0 Å². The Hall–Kier alpha value is -2.15. The van der Waals surface area contributed by atoms with Crippen molar-refractivity contribution in [2.45, 2.75) is 38.5 Å². The number of likely N-dealkylation sites (tertiary alicyclic amines) is 1. The molecule has 1 amide bonds. The first-order valence-electron chi connectivity index (χ1n) is 9.01. The summed E-state index contributed by atoms with van der Waals surface area (Å²) < 4.78 is 0.794. The molecule has 0 radical (unpaired) electrons. The summed E-state index contributed by atoms with van der Waals surface area (Å²) in [5.41, 5.74) is 3.70. The maximum absolute atomic E-state index is 12.9. The molecule has 1 aliphatic rings. The van der Waals surface area contributed by atoms with Crippen molar-refractivity contribution in [2.75, 3.05) is 13.1 Å². The topological polar surface area (TPSA) is 77.7 Å². The highest BCUT2D eigenvalue weighted by molar-refractivity contribution is 9.10. The lowest BCUT2D eigenvalue weighted by Gasteiger charge is -2.31. The van der Waals surface area contributed by atoms with Crippen LogP contribution in [0.25, 0.3) is 11.0 Å². The minimum absolute atomic E-state index is 0.000863. The number of aromatic nitrogens is 4. The van der Waals surface area contributed by atoms with E-state index < -0.39 is 0 Å². The molecule has 0 unspecified atom stereocenters. The highest BCUT2D eigenvalue weighted by Gasteiger charge is 2.29. The van der Waals surface area contributed by atoms with Gasteiger partial charge in [-0.05, 0) is 58.3 Å². The van der Waals surface area contributed by atoms with Crippen LogP contribution < -0.4 is 0 Å². The van der Waals surface area contributed by atoms with Crippen molar-refractivity contribution < 1.29 is 4.79 Å². The van der Waals surface area contributed by atoms with E-state index in [1.807, 2.05) is 11.0 Å². The maximum Gasteiger partial charge on any atom is 0.275 e. The minimum atomic E-state index is -0.000863. The van der Waals surface area contributed by atoms with Crippen LogP contribution in [-0.2, 0) is 0 Å². The van der Waals surface area contributed by atoms with Crippen LogP contribution in [0, 0.1) is 0 Å². The Kier molecular flexibility index (Phi) is 4.56. The van der Waals surface area contributed by atoms with Crippen LogP contribution in [0.2, 0.25) is 0 Å². The Balaban J connectivity index is 1.47. The number of pyridine rings is 1. The Morgan fingerprint density at radius 2 is 2.12 bits per heavy atom. The van der Waals surface area contributed by atoms with E-state index in [0.29, 0.717) is 17.5 Å². The van der Waals surface area contributed by atoms with Gasteiger partial charge in [-0.1, -0.05) is 13.8 Å². The molecule has 7 heteroatoms. The predicted molar refractivity (Wildman–Crippen MR) is 104 cm³/mol. The van der Waals surface area contributed by atoms with E-state index in [0.717, 1.165) is 41.7 Å². The number of H-pyrrole nitrogens is 2. The Bertz CT molecular complexity index is 936. The molecule has 0 aromatic carbocycles. The third-order valence-electron chi connectivity index (χ3n) is 5.22. The normalized spacial score (nSPS) is 15.9. The second-order valence-corrected chi connectivity index (χ2v) is 7.96. The van der Waals surface area contributed by atoms with Crippen LogP contribution in [0.5, 0.6) is 0 Å². The summed E-state index contributed by atoms with van der Waals surface area (Å²) in [5, 5.41) is 8.42. The van der Waals surface area contributed by atoms with Crippen LogP contribution in [0.4, 0.5) is 0 Å². The summed E-state index contributed by atoms with van der Waals surface area (Å²) in [6.45, 7) is 5.64. The summed E-state index contributed by atoms with van der Waals surface area (Å²) >= 11 is 3.54. The number of rotatable bonds is 3. The highest BCUT2D eigenvalue weighted by atomic mass is 79.9. The van der Waals surface area contributed by atoms with Crippen molar-refractivity contribution in [3.63, 3.8) is 0 Å². The number of piperidine rings is 1. The van der Waals surface area contributed by atoms with Gasteiger partial charge in [0.1, 0.15) is 5.65 Å². The average molecular weight is 416 g/mol. The third kappa shape index (κ3) is 2.94. The summed E-state index contributed by atoms with van der Waals surface area (Å²) in [4.78, 5) is 22.4. The zero-order valence-corrected chi connectivity index (χ0v) is 16.5. The molecule has 6 nitrogen and oxygen atoms in total. The van der Waals surface area contributed by atoms with Gasteiger partial charge in [-0.25, -0.2) is 4.98 Å². The second kappa shape index (κ2) is 6.87. The molecule has 0 atom stereocenters. The highest BCUT2D eigenvalue weighted by Crippen LogP contribution is 2.33. The maximum atomic E-state index is 12.9. The first kappa shape index (κ1) is 17.3. The van der Waals surface area contributed by atoms with E-state index in [1.54, 1.807) is 6.20 Å². The molecule has 0 saturated carbocycles. The lowest BCUT2D eigenvalue weighted by atomic mass is 9.89. The lowest BCUT2D eigenvalue weighted by Crippen LogP contribution is -2.38. The zero-order valence-electron chi connectivity index (χ0n) is 14.9. The van der Waals surface area contributed by atoms with Gasteiger partial charge in [0, 0.05) is 30.9 Å². The summed E-state index contributed by atoms with van der Waals surface area (Å²) in [6.07, 6.45) is 5.77. The molecule has 3 aromatic heterocycles. The van der Waals surface area contributed by atoms with E-state index in [1.165, 1.54) is 10.9 Å². The fraction of sp³-hybridized carbons (Fsp3) is 0.421. The third-order valence-corrected chi connectivity index (χ3v) is 6.02. The molecule has 4 heterocycles. The van der Waals surface area contributed by atoms with Gasteiger partial charge in [0.05, 0.1) is 10.2 Å². The molecule has 0 spiro atoms. The number of carbonyl (C=O) groups is 1. The largest absolute Gasteiger partial charge is 0.346 e. The molecule has 1 saturated heterocycles. The summed E-state index contributed by atoms with van der Waals surface area (Å²) in [7, 11) is 0. The molecule has 0 aliphatic carbocycles. The number of nitrogens with one attached hydrogen (secondary N) is 2. The molecule has 26 heavy (non-hydrogen) atoms. The molecule has 4 rings (SSSR count). The number of fused-ring (bicyclic) bond motifs is 1. The van der Waals surface area contributed by atoms with Crippen molar-refractivity contribution in [3.8, 4) is 0 Å². The summed E-state index contributed by atoms with van der Waals surface area (Å²) in [5.74, 6) is 0.740. The van der Waals surface area contributed by atoms with Crippen molar-refractivity contribution in [2.24, 2.45) is 0 Å². The van der Waals surface area contributed by atoms with Crippen molar-refractivity contribution in [3.05, 3.63) is 46.0 Å². The Labute approximate surface area is 160 Å². The number of hydrogen-bond donors (Lipinski definition) is 2. The Morgan fingerprint density at radius 1 is 1.35 bits per heavy atom. The van der Waals surface area contributed by atoms with Crippen molar-refractivity contribution in [1.29, 1.82) is 0 Å². The van der Waals surface area contributed by atoms with E-state index in [9.17, 15) is 4.79 Å². The zero-order chi connectivity index (χ0) is 18.3. The van der Waals surface area contributed by atoms with Crippen molar-refractivity contribution in [1.82, 2.24) is 25.1 Å². The van der Waals surface area contributed by atoms with E-state index in [-0.39, 0.29) is 5.91 Å². The van der Waals surface area contributed by atoms with Gasteiger partial charge in [-0.15, -0.1) is 0 Å². The van der Waals surface area contributed by atoms with Crippen LogP contribution in [0.1, 0.15) is 60.3 Å². The Morgan fingerprint density at radius 3 is 2.81 bits per heavy atom. The number of halogens is 1. The summed E-state index contributed by atoms with van der Waals surface area (Å²) in [6, 6.07) is 4.08. The van der Waals surface area contributed by atoms with Gasteiger partial charge in [0.2, 0.25) is 0 Å². The molecule has 136 valence electrons. The predicted octanol–water partition coefficient (Wildman–Crippen LogP) is 4.19. The number of hydrogen-bond acceptors (Lipinski definition) is 3. The van der Waals surface area contributed by atoms with Crippen LogP contribution in [0.15, 0.2) is 29.0 Å². The van der Waals surface area contributed by atoms with Gasteiger partial charge in [-0.3, -0.25) is 9.89 Å². The smallest absolute Gasteiger partial charge is 0.275 e. The standard InChI is InChI=1S/C19H22BrN5O/c1-11(2)16-15(20)17(24-23-16)19(26)25-8-5-12(6-9-25)14-10-22-18-13(14)4-3-7-21-18/h3-4,7,10-12H,5-6,8-9H2,1-2H3,(H,21,22)(H,23,24). The quantitative estimate of drug-likeness (QED) is 0.672. The fourth-order valence-corrected chi connectivity index (χ4v) is 4.53. The number of nitrogens with zero attached hydrogens (tertiary/aromatic N) is 3. The molecule has 1 aliphatic heterocycles. The van der Waals surface area contributed by atoms with Crippen LogP contribution in [-0.4, -0.2) is 44.1 Å². The molecular formula is C19H22BrN5O. The SMILES string of the molecule is CC(C)c1[nH]nc(C(=O)N2CCC(c3c[nH]c4ncccc34)CC2)c1Br. The first-order chi connectivity index (χ1) is 12.6. The fourth-order valence-electron chi connectivity index (χ4n) is 3.72. The number of amides is 1. The molecule has 1 fully saturated rings. The van der Waals surface area contributed by atoms with Gasteiger partial charge in [0.15, 0.2) is 5.69 Å². The van der Waals surface area contributed by atoms with Gasteiger partial charge < -0.3 is 9.88 Å². The van der Waals surface area contributed by atoms with Gasteiger partial charge in [-0.2, -0.15) is 5.10 Å². The molecular weight excluding hydrogens is 394 g/mol. The minimum Gasteiger partial charge on any atom is -0.346 e. The number of carbonyl (C=O) groups excluding carboxylic acids is 1. The van der Waals surface area contributed by atoms with Gasteiger partial charge >= 0.3 is 0 Å². The number of aromatic amines is 2. The first-order valence-corrected chi connectivity index (χ1v) is 9.80. The van der Waals surface area contributed by atoms with E-state index >= 15 is 0 Å². The van der Waals surface area contributed by atoms with Crippen molar-refractivity contribution >= 4 is 32.9 Å².